The number of hydrogen-bond acceptors (Lipinski definition) is 2. The molecule has 0 bridgehead atoms. The predicted octanol–water partition coefficient (Wildman–Crippen LogP) is 1.07. The SMILES string of the molecule is CCN(CC)C(=O)NC1C=CC(C(=O)O)C1. The lowest BCUT2D eigenvalue weighted by Gasteiger charge is -2.21. The summed E-state index contributed by atoms with van der Waals surface area (Å²) in [5, 5.41) is 11.6. The van der Waals surface area contributed by atoms with E-state index in [0.717, 1.165) is 0 Å². The maximum atomic E-state index is 11.7. The van der Waals surface area contributed by atoms with Crippen LogP contribution in [0.5, 0.6) is 0 Å². The maximum Gasteiger partial charge on any atom is 0.317 e. The van der Waals surface area contributed by atoms with Crippen LogP contribution in [-0.2, 0) is 4.79 Å². The van der Waals surface area contributed by atoms with Crippen LogP contribution in [0.2, 0.25) is 0 Å². The fourth-order valence-corrected chi connectivity index (χ4v) is 1.75. The molecular weight excluding hydrogens is 208 g/mol. The van der Waals surface area contributed by atoms with Crippen molar-refractivity contribution >= 4 is 12.0 Å². The Hall–Kier alpha value is -1.52. The first-order valence-electron chi connectivity index (χ1n) is 5.55. The minimum atomic E-state index is -0.837. The number of urea groups is 1. The highest BCUT2D eigenvalue weighted by Gasteiger charge is 2.26. The van der Waals surface area contributed by atoms with Crippen molar-refractivity contribution in [2.45, 2.75) is 26.3 Å². The molecule has 0 aliphatic heterocycles. The van der Waals surface area contributed by atoms with Gasteiger partial charge in [0.15, 0.2) is 0 Å². The number of carbonyl (C=O) groups is 2. The highest BCUT2D eigenvalue weighted by Crippen LogP contribution is 2.18. The lowest BCUT2D eigenvalue weighted by atomic mass is 10.1. The standard InChI is InChI=1S/C11H18N2O3/c1-3-13(4-2)11(16)12-9-6-5-8(7-9)10(14)15/h5-6,8-9H,3-4,7H2,1-2H3,(H,12,16)(H,14,15). The van der Waals surface area contributed by atoms with E-state index in [2.05, 4.69) is 5.32 Å². The molecule has 0 saturated carbocycles. The normalized spacial score (nSPS) is 23.1. The fraction of sp³-hybridized carbons (Fsp3) is 0.636. The molecule has 1 aliphatic rings. The number of carboxylic acid groups (broad SMARTS) is 1. The smallest absolute Gasteiger partial charge is 0.317 e. The molecule has 1 aliphatic carbocycles. The molecule has 16 heavy (non-hydrogen) atoms. The van der Waals surface area contributed by atoms with Gasteiger partial charge in [-0.2, -0.15) is 0 Å². The van der Waals surface area contributed by atoms with E-state index in [4.69, 9.17) is 5.11 Å². The summed E-state index contributed by atoms with van der Waals surface area (Å²) in [5.74, 6) is -1.31. The van der Waals surface area contributed by atoms with Crippen molar-refractivity contribution in [2.75, 3.05) is 13.1 Å². The number of hydrogen-bond donors (Lipinski definition) is 2. The summed E-state index contributed by atoms with van der Waals surface area (Å²) in [7, 11) is 0. The van der Waals surface area contributed by atoms with Crippen LogP contribution >= 0.6 is 0 Å². The van der Waals surface area contributed by atoms with Gasteiger partial charge in [-0.1, -0.05) is 12.2 Å². The molecule has 2 N–H and O–H groups in total. The molecule has 1 rings (SSSR count). The summed E-state index contributed by atoms with van der Waals surface area (Å²) < 4.78 is 0. The Labute approximate surface area is 95.1 Å². The van der Waals surface area contributed by atoms with Gasteiger partial charge in [0.1, 0.15) is 0 Å². The van der Waals surface area contributed by atoms with E-state index in [1.807, 2.05) is 13.8 Å². The molecule has 0 saturated heterocycles. The topological polar surface area (TPSA) is 69.6 Å². The Morgan fingerprint density at radius 3 is 2.44 bits per heavy atom. The van der Waals surface area contributed by atoms with Gasteiger partial charge in [0, 0.05) is 13.1 Å². The van der Waals surface area contributed by atoms with Crippen molar-refractivity contribution in [2.24, 2.45) is 5.92 Å². The molecule has 5 heteroatoms. The van der Waals surface area contributed by atoms with Crippen molar-refractivity contribution in [3.05, 3.63) is 12.2 Å². The van der Waals surface area contributed by atoms with Gasteiger partial charge in [-0.15, -0.1) is 0 Å². The van der Waals surface area contributed by atoms with E-state index in [0.29, 0.717) is 19.5 Å². The van der Waals surface area contributed by atoms with Gasteiger partial charge < -0.3 is 15.3 Å². The minimum Gasteiger partial charge on any atom is -0.481 e. The van der Waals surface area contributed by atoms with Crippen LogP contribution in [0.3, 0.4) is 0 Å². The van der Waals surface area contributed by atoms with E-state index >= 15 is 0 Å². The first-order chi connectivity index (χ1) is 7.58. The van der Waals surface area contributed by atoms with Crippen molar-refractivity contribution in [1.82, 2.24) is 10.2 Å². The number of nitrogens with zero attached hydrogens (tertiary/aromatic N) is 1. The van der Waals surface area contributed by atoms with Crippen molar-refractivity contribution < 1.29 is 14.7 Å². The molecule has 0 heterocycles. The van der Waals surface area contributed by atoms with Crippen LogP contribution in [0.1, 0.15) is 20.3 Å². The number of amides is 2. The monoisotopic (exact) mass is 226 g/mol. The lowest BCUT2D eigenvalue weighted by molar-refractivity contribution is -0.140. The quantitative estimate of drug-likeness (QED) is 0.704. The third-order valence-corrected chi connectivity index (χ3v) is 2.76. The first-order valence-corrected chi connectivity index (χ1v) is 5.55. The molecule has 5 nitrogen and oxygen atoms in total. The Balaban J connectivity index is 2.43. The van der Waals surface area contributed by atoms with Gasteiger partial charge in [0.25, 0.3) is 0 Å². The molecule has 2 amide bonds. The van der Waals surface area contributed by atoms with E-state index in [1.165, 1.54) is 0 Å². The second-order valence-electron chi connectivity index (χ2n) is 3.79. The number of nitrogens with one attached hydrogen (secondary N) is 1. The zero-order valence-electron chi connectivity index (χ0n) is 9.64. The van der Waals surface area contributed by atoms with E-state index in [-0.39, 0.29) is 12.1 Å². The second-order valence-corrected chi connectivity index (χ2v) is 3.79. The van der Waals surface area contributed by atoms with Crippen molar-refractivity contribution in [3.8, 4) is 0 Å². The molecule has 0 aromatic carbocycles. The molecule has 0 fully saturated rings. The Morgan fingerprint density at radius 1 is 1.38 bits per heavy atom. The van der Waals surface area contributed by atoms with Crippen LogP contribution < -0.4 is 5.32 Å². The summed E-state index contributed by atoms with van der Waals surface area (Å²) in [4.78, 5) is 24.0. The first kappa shape index (κ1) is 12.5. The molecule has 0 aromatic rings. The minimum absolute atomic E-state index is 0.134. The number of carbonyl (C=O) groups excluding carboxylic acids is 1. The number of aliphatic carboxylic acids is 1. The average Bonchev–Trinajstić information content (AvgIpc) is 2.68. The second kappa shape index (κ2) is 5.53. The Morgan fingerprint density at radius 2 is 2.00 bits per heavy atom. The van der Waals surface area contributed by atoms with Crippen LogP contribution in [0.4, 0.5) is 4.79 Å². The van der Waals surface area contributed by atoms with Gasteiger partial charge in [-0.3, -0.25) is 4.79 Å². The summed E-state index contributed by atoms with van der Waals surface area (Å²) in [6.45, 7) is 5.13. The zero-order chi connectivity index (χ0) is 12.1. The molecular formula is C11H18N2O3. The molecule has 0 spiro atoms. The largest absolute Gasteiger partial charge is 0.481 e. The highest BCUT2D eigenvalue weighted by atomic mass is 16.4. The third kappa shape index (κ3) is 2.98. The maximum absolute atomic E-state index is 11.7. The van der Waals surface area contributed by atoms with Gasteiger partial charge in [-0.25, -0.2) is 4.79 Å². The third-order valence-electron chi connectivity index (χ3n) is 2.76. The van der Waals surface area contributed by atoms with Crippen LogP contribution in [0.15, 0.2) is 12.2 Å². The summed E-state index contributed by atoms with van der Waals surface area (Å²) >= 11 is 0. The Kier molecular flexibility index (Phi) is 4.34. The predicted molar refractivity (Wildman–Crippen MR) is 60.1 cm³/mol. The average molecular weight is 226 g/mol. The fourth-order valence-electron chi connectivity index (χ4n) is 1.75. The summed E-state index contributed by atoms with van der Waals surface area (Å²) in [5.41, 5.74) is 0. The van der Waals surface area contributed by atoms with Crippen LogP contribution in [-0.4, -0.2) is 41.1 Å². The van der Waals surface area contributed by atoms with Gasteiger partial charge in [0.2, 0.25) is 0 Å². The van der Waals surface area contributed by atoms with Gasteiger partial charge in [0.05, 0.1) is 12.0 Å². The number of carboxylic acids is 1. The molecule has 2 unspecified atom stereocenters. The molecule has 90 valence electrons. The molecule has 0 aromatic heterocycles. The number of rotatable bonds is 4. The molecule has 0 radical (unpaired) electrons. The van der Waals surface area contributed by atoms with E-state index in [1.54, 1.807) is 17.1 Å². The van der Waals surface area contributed by atoms with Crippen molar-refractivity contribution in [3.63, 3.8) is 0 Å². The van der Waals surface area contributed by atoms with Crippen LogP contribution in [0.25, 0.3) is 0 Å². The highest BCUT2D eigenvalue weighted by molar-refractivity contribution is 5.76. The van der Waals surface area contributed by atoms with Crippen molar-refractivity contribution in [1.29, 1.82) is 0 Å². The Bertz CT molecular complexity index is 298. The van der Waals surface area contributed by atoms with E-state index < -0.39 is 11.9 Å². The summed E-state index contributed by atoms with van der Waals surface area (Å²) in [6, 6.07) is -0.292. The zero-order valence-corrected chi connectivity index (χ0v) is 9.64. The van der Waals surface area contributed by atoms with Gasteiger partial charge in [-0.05, 0) is 20.3 Å². The molecule has 2 atom stereocenters. The van der Waals surface area contributed by atoms with E-state index in [9.17, 15) is 9.59 Å². The lowest BCUT2D eigenvalue weighted by Crippen LogP contribution is -2.43. The summed E-state index contributed by atoms with van der Waals surface area (Å²) in [6.07, 6.45) is 3.83. The van der Waals surface area contributed by atoms with Crippen LogP contribution in [0, 0.1) is 5.92 Å². The van der Waals surface area contributed by atoms with Gasteiger partial charge >= 0.3 is 12.0 Å².